The fraction of sp³-hybridized carbons (Fsp3) is 0.286. The first-order chi connectivity index (χ1) is 17.5. The van der Waals surface area contributed by atoms with Gasteiger partial charge in [0.2, 0.25) is 5.91 Å². The minimum atomic E-state index is -0.250. The largest absolute Gasteiger partial charge is 0.497 e. The Morgan fingerprint density at radius 1 is 1.08 bits per heavy atom. The summed E-state index contributed by atoms with van der Waals surface area (Å²) in [6.07, 6.45) is 2.41. The lowest BCUT2D eigenvalue weighted by atomic mass is 10.0. The summed E-state index contributed by atoms with van der Waals surface area (Å²) in [6, 6.07) is 16.1. The Kier molecular flexibility index (Phi) is 8.28. The molecule has 2 aromatic carbocycles. The molecule has 0 radical (unpaired) electrons. The van der Waals surface area contributed by atoms with Gasteiger partial charge in [0.15, 0.2) is 0 Å². The number of ether oxygens (including phenoxy) is 3. The normalized spacial score (nSPS) is 14.5. The molecule has 0 fully saturated rings. The number of carbonyl (C=O) groups excluding carboxylic acids is 2. The molecule has 1 aliphatic rings. The summed E-state index contributed by atoms with van der Waals surface area (Å²) in [7, 11) is 3.19. The molecule has 1 aromatic heterocycles. The lowest BCUT2D eigenvalue weighted by Gasteiger charge is -2.37. The van der Waals surface area contributed by atoms with Crippen LogP contribution in [0.25, 0.3) is 0 Å². The highest BCUT2D eigenvalue weighted by Crippen LogP contribution is 2.34. The van der Waals surface area contributed by atoms with Crippen LogP contribution < -0.4 is 14.2 Å². The molecule has 0 aliphatic carbocycles. The van der Waals surface area contributed by atoms with Crippen molar-refractivity contribution in [2.75, 3.05) is 40.5 Å². The molecule has 8 heteroatoms. The monoisotopic (exact) mass is 506 g/mol. The number of methoxy groups -OCH3 is 2. The van der Waals surface area contributed by atoms with Gasteiger partial charge < -0.3 is 24.0 Å². The number of rotatable bonds is 10. The molecule has 0 saturated heterocycles. The average molecular weight is 507 g/mol. The fourth-order valence-electron chi connectivity index (χ4n) is 4.29. The van der Waals surface area contributed by atoms with Crippen molar-refractivity contribution >= 4 is 23.2 Å². The molecule has 0 bridgehead atoms. The van der Waals surface area contributed by atoms with E-state index >= 15 is 0 Å². The second-order valence-corrected chi connectivity index (χ2v) is 9.35. The quantitative estimate of drug-likeness (QED) is 0.376. The molecule has 0 saturated carbocycles. The molecule has 2 heterocycles. The van der Waals surface area contributed by atoms with Crippen LogP contribution in [0.2, 0.25) is 0 Å². The van der Waals surface area contributed by atoms with Crippen LogP contribution in [-0.2, 0) is 11.2 Å². The van der Waals surface area contributed by atoms with Crippen LogP contribution in [0.3, 0.4) is 0 Å². The van der Waals surface area contributed by atoms with Crippen LogP contribution in [-0.4, -0.2) is 62.1 Å². The fourth-order valence-corrected chi connectivity index (χ4v) is 5.21. The van der Waals surface area contributed by atoms with Gasteiger partial charge in [-0.2, -0.15) is 0 Å². The van der Waals surface area contributed by atoms with Gasteiger partial charge in [-0.1, -0.05) is 12.1 Å². The van der Waals surface area contributed by atoms with Crippen LogP contribution in [0.5, 0.6) is 17.2 Å². The average Bonchev–Trinajstić information content (AvgIpc) is 3.40. The molecular weight excluding hydrogens is 476 g/mol. The van der Waals surface area contributed by atoms with Crippen LogP contribution in [0.15, 0.2) is 72.6 Å². The third-order valence-corrected chi connectivity index (χ3v) is 7.16. The Bertz CT molecular complexity index is 1210. The van der Waals surface area contributed by atoms with Gasteiger partial charge in [0, 0.05) is 29.6 Å². The number of hydrogen-bond donors (Lipinski definition) is 0. The molecule has 36 heavy (non-hydrogen) atoms. The Morgan fingerprint density at radius 3 is 2.56 bits per heavy atom. The maximum atomic E-state index is 13.6. The van der Waals surface area contributed by atoms with E-state index in [0.717, 1.165) is 12.0 Å². The van der Waals surface area contributed by atoms with Crippen molar-refractivity contribution in [3.05, 3.63) is 88.6 Å². The summed E-state index contributed by atoms with van der Waals surface area (Å²) in [5.41, 5.74) is 1.58. The zero-order chi connectivity index (χ0) is 25.5. The number of thiophene rings is 1. The molecule has 3 aromatic rings. The first-order valence-corrected chi connectivity index (χ1v) is 12.6. The number of carbonyl (C=O) groups is 2. The maximum Gasteiger partial charge on any atom is 0.254 e. The van der Waals surface area contributed by atoms with E-state index in [0.29, 0.717) is 36.0 Å². The van der Waals surface area contributed by atoms with E-state index in [9.17, 15) is 9.59 Å². The number of benzene rings is 2. The number of nitrogens with zero attached hydrogens (tertiary/aromatic N) is 2. The standard InChI is InChI=1S/C28H30N2O5S/c1-4-14-29(28(32)20-8-10-21(33-2)11-9-20)18-27(31)30-15-12-26-24(13-16-36-26)25(30)19-35-23-7-5-6-22(17-23)34-3/h4-11,13,16-17,25H,1,12,14-15,18-19H2,2-3H3/t25-/m1/s1. The third-order valence-electron chi connectivity index (χ3n) is 6.16. The lowest BCUT2D eigenvalue weighted by molar-refractivity contribution is -0.135. The second kappa shape index (κ2) is 11.8. The third kappa shape index (κ3) is 5.71. The minimum Gasteiger partial charge on any atom is -0.497 e. The van der Waals surface area contributed by atoms with Crippen molar-refractivity contribution in [2.45, 2.75) is 12.5 Å². The van der Waals surface area contributed by atoms with Gasteiger partial charge in [0.25, 0.3) is 5.91 Å². The van der Waals surface area contributed by atoms with Gasteiger partial charge in [-0.25, -0.2) is 0 Å². The van der Waals surface area contributed by atoms with Crippen molar-refractivity contribution in [2.24, 2.45) is 0 Å². The first-order valence-electron chi connectivity index (χ1n) is 11.7. The topological polar surface area (TPSA) is 68.3 Å². The van der Waals surface area contributed by atoms with Crippen LogP contribution in [0.1, 0.15) is 26.8 Å². The summed E-state index contributed by atoms with van der Waals surface area (Å²) in [5, 5.41) is 2.05. The minimum absolute atomic E-state index is 0.0496. The Hall–Kier alpha value is -3.78. The van der Waals surface area contributed by atoms with E-state index in [1.807, 2.05) is 29.2 Å². The molecule has 0 unspecified atom stereocenters. The highest BCUT2D eigenvalue weighted by Gasteiger charge is 2.33. The predicted octanol–water partition coefficient (Wildman–Crippen LogP) is 4.60. The Morgan fingerprint density at radius 2 is 1.83 bits per heavy atom. The van der Waals surface area contributed by atoms with E-state index in [4.69, 9.17) is 14.2 Å². The number of hydrogen-bond acceptors (Lipinski definition) is 6. The number of fused-ring (bicyclic) bond motifs is 1. The van der Waals surface area contributed by atoms with Gasteiger partial charge in [0.1, 0.15) is 30.4 Å². The van der Waals surface area contributed by atoms with E-state index in [1.54, 1.807) is 55.9 Å². The van der Waals surface area contributed by atoms with Crippen molar-refractivity contribution in [3.8, 4) is 17.2 Å². The highest BCUT2D eigenvalue weighted by molar-refractivity contribution is 7.10. The van der Waals surface area contributed by atoms with Crippen LogP contribution in [0, 0.1) is 0 Å². The first kappa shape index (κ1) is 25.3. The second-order valence-electron chi connectivity index (χ2n) is 8.34. The summed E-state index contributed by atoms with van der Waals surface area (Å²) in [4.78, 5) is 31.4. The van der Waals surface area contributed by atoms with Crippen molar-refractivity contribution < 1.29 is 23.8 Å². The zero-order valence-electron chi connectivity index (χ0n) is 20.5. The Labute approximate surface area is 215 Å². The van der Waals surface area contributed by atoms with E-state index in [-0.39, 0.29) is 30.9 Å². The molecule has 188 valence electrons. The zero-order valence-corrected chi connectivity index (χ0v) is 21.3. The molecule has 0 spiro atoms. The SMILES string of the molecule is C=CCN(CC(=O)N1CCc2sccc2[C@H]1COc1cccc(OC)c1)C(=O)c1ccc(OC)cc1. The van der Waals surface area contributed by atoms with Crippen molar-refractivity contribution in [3.63, 3.8) is 0 Å². The lowest BCUT2D eigenvalue weighted by Crippen LogP contribution is -2.47. The number of amides is 2. The highest BCUT2D eigenvalue weighted by atomic mass is 32.1. The van der Waals surface area contributed by atoms with Gasteiger partial charge in [0.05, 0.1) is 20.3 Å². The summed E-state index contributed by atoms with van der Waals surface area (Å²) < 4.78 is 16.6. The summed E-state index contributed by atoms with van der Waals surface area (Å²) in [5.74, 6) is 1.68. The van der Waals surface area contributed by atoms with Gasteiger partial charge >= 0.3 is 0 Å². The van der Waals surface area contributed by atoms with E-state index < -0.39 is 0 Å². The van der Waals surface area contributed by atoms with E-state index in [2.05, 4.69) is 18.0 Å². The maximum absolute atomic E-state index is 13.6. The van der Waals surface area contributed by atoms with Gasteiger partial charge in [-0.05, 0) is 59.8 Å². The summed E-state index contributed by atoms with van der Waals surface area (Å²) in [6.45, 7) is 4.85. The van der Waals surface area contributed by atoms with Crippen molar-refractivity contribution in [1.29, 1.82) is 0 Å². The van der Waals surface area contributed by atoms with Crippen molar-refractivity contribution in [1.82, 2.24) is 9.80 Å². The predicted molar refractivity (Wildman–Crippen MR) is 140 cm³/mol. The van der Waals surface area contributed by atoms with Crippen LogP contribution in [0.4, 0.5) is 0 Å². The smallest absolute Gasteiger partial charge is 0.254 e. The molecule has 2 amide bonds. The molecular formula is C28H30N2O5S. The molecule has 4 rings (SSSR count). The van der Waals surface area contributed by atoms with Gasteiger partial charge in [-0.3, -0.25) is 9.59 Å². The van der Waals surface area contributed by atoms with E-state index in [1.165, 1.54) is 9.78 Å². The molecule has 1 aliphatic heterocycles. The molecule has 0 N–H and O–H groups in total. The van der Waals surface area contributed by atoms with Gasteiger partial charge in [-0.15, -0.1) is 17.9 Å². The Balaban J connectivity index is 1.51. The molecule has 7 nitrogen and oxygen atoms in total. The summed E-state index contributed by atoms with van der Waals surface area (Å²) >= 11 is 1.70. The molecule has 1 atom stereocenters. The van der Waals surface area contributed by atoms with Crippen LogP contribution >= 0.6 is 11.3 Å².